The van der Waals surface area contributed by atoms with Gasteiger partial charge in [0.1, 0.15) is 0 Å². The molecule has 1 aromatic carbocycles. The Hall–Kier alpha value is 0.0169. The molecule has 0 aromatic heterocycles. The maximum absolute atomic E-state index is 5.87. The summed E-state index contributed by atoms with van der Waals surface area (Å²) >= 11 is 11.7. The van der Waals surface area contributed by atoms with Gasteiger partial charge < -0.3 is 0 Å². The van der Waals surface area contributed by atoms with Gasteiger partial charge in [0.2, 0.25) is 0 Å². The number of rotatable bonds is 1. The molecule has 0 aliphatic heterocycles. The van der Waals surface area contributed by atoms with E-state index in [1.54, 1.807) is 0 Å². The van der Waals surface area contributed by atoms with Crippen LogP contribution in [0.3, 0.4) is 0 Å². The lowest BCUT2D eigenvalue weighted by atomic mass is 10.2. The fraction of sp³-hybridized carbons (Fsp3) is 0.143. The smallest absolute Gasteiger partial charge is 0.0449 e. The van der Waals surface area contributed by atoms with E-state index in [4.69, 9.17) is 23.2 Å². The van der Waals surface area contributed by atoms with Gasteiger partial charge in [-0.2, -0.15) is 0 Å². The molecule has 0 saturated carbocycles. The second-order valence-corrected chi connectivity index (χ2v) is 3.58. The lowest BCUT2D eigenvalue weighted by molar-refractivity contribution is 1.40. The maximum Gasteiger partial charge on any atom is 0.0449 e. The molecule has 0 fully saturated rings. The molecule has 0 aliphatic rings. The molecular formula is C7H8Cl2Si. The Labute approximate surface area is 73.6 Å². The summed E-state index contributed by atoms with van der Waals surface area (Å²) in [7, 11) is 1.10. The summed E-state index contributed by atoms with van der Waals surface area (Å²) in [4.78, 5) is 0. The van der Waals surface area contributed by atoms with Crippen LogP contribution in [0.5, 0.6) is 0 Å². The van der Waals surface area contributed by atoms with Crippen molar-refractivity contribution in [1.82, 2.24) is 0 Å². The summed E-state index contributed by atoms with van der Waals surface area (Å²) in [6, 6.07) is 6.64. The highest BCUT2D eigenvalue weighted by Crippen LogP contribution is 2.23. The van der Waals surface area contributed by atoms with Gasteiger partial charge in [0.25, 0.3) is 0 Å². The Morgan fingerprint density at radius 3 is 2.00 bits per heavy atom. The topological polar surface area (TPSA) is 0 Å². The van der Waals surface area contributed by atoms with Crippen LogP contribution < -0.4 is 0 Å². The molecule has 10 heavy (non-hydrogen) atoms. The highest BCUT2D eigenvalue weighted by molar-refractivity contribution is 6.36. The fourth-order valence-electron chi connectivity index (χ4n) is 0.870. The van der Waals surface area contributed by atoms with Gasteiger partial charge in [-0.05, 0) is 23.7 Å². The van der Waals surface area contributed by atoms with Crippen molar-refractivity contribution < 1.29 is 0 Å². The van der Waals surface area contributed by atoms with E-state index in [-0.39, 0.29) is 0 Å². The quantitative estimate of drug-likeness (QED) is 0.594. The molecular weight excluding hydrogens is 183 g/mol. The summed E-state index contributed by atoms with van der Waals surface area (Å²) in [5.74, 6) is 0. The lowest BCUT2D eigenvalue weighted by Crippen LogP contribution is -1.85. The van der Waals surface area contributed by atoms with E-state index in [1.165, 1.54) is 0 Å². The van der Waals surface area contributed by atoms with Crippen LogP contribution in [0.25, 0.3) is 0 Å². The standard InChI is InChI=1S/C7H8Cl2Si/c8-6-2-1-3-7(9)5(6)4-10/h1-3H,4H2,10H3. The predicted molar refractivity (Wildman–Crippen MR) is 50.1 cm³/mol. The highest BCUT2D eigenvalue weighted by Gasteiger charge is 2.00. The Morgan fingerprint density at radius 2 is 1.70 bits per heavy atom. The third-order valence-corrected chi connectivity index (χ3v) is 2.83. The van der Waals surface area contributed by atoms with Gasteiger partial charge >= 0.3 is 0 Å². The molecule has 0 radical (unpaired) electrons. The van der Waals surface area contributed by atoms with Gasteiger partial charge in [-0.25, -0.2) is 0 Å². The van der Waals surface area contributed by atoms with Crippen molar-refractivity contribution in [1.29, 1.82) is 0 Å². The van der Waals surface area contributed by atoms with Crippen LogP contribution in [0, 0.1) is 0 Å². The zero-order chi connectivity index (χ0) is 7.56. The Morgan fingerprint density at radius 1 is 1.20 bits per heavy atom. The van der Waals surface area contributed by atoms with Crippen molar-refractivity contribution in [2.45, 2.75) is 6.04 Å². The molecule has 0 spiro atoms. The molecule has 1 rings (SSSR count). The summed E-state index contributed by atoms with van der Waals surface area (Å²) in [6.45, 7) is 0. The maximum atomic E-state index is 5.87. The van der Waals surface area contributed by atoms with Crippen molar-refractivity contribution >= 4 is 33.4 Å². The van der Waals surface area contributed by atoms with E-state index in [2.05, 4.69) is 0 Å². The molecule has 3 heteroatoms. The van der Waals surface area contributed by atoms with Gasteiger partial charge in [0, 0.05) is 20.3 Å². The van der Waals surface area contributed by atoms with Crippen molar-refractivity contribution in [3.8, 4) is 0 Å². The normalized spacial score (nSPS) is 10.2. The van der Waals surface area contributed by atoms with Crippen molar-refractivity contribution in [2.24, 2.45) is 0 Å². The second-order valence-electron chi connectivity index (χ2n) is 2.05. The van der Waals surface area contributed by atoms with E-state index >= 15 is 0 Å². The van der Waals surface area contributed by atoms with Crippen molar-refractivity contribution in [3.05, 3.63) is 33.8 Å². The molecule has 1 aromatic rings. The Bertz CT molecular complexity index is 215. The minimum absolute atomic E-state index is 0.794. The first-order valence-electron chi connectivity index (χ1n) is 3.18. The first kappa shape index (κ1) is 8.12. The largest absolute Gasteiger partial charge is 0.0840 e. The van der Waals surface area contributed by atoms with Gasteiger partial charge in [-0.1, -0.05) is 29.3 Å². The minimum Gasteiger partial charge on any atom is -0.0840 e. The average molecular weight is 191 g/mol. The van der Waals surface area contributed by atoms with Crippen LogP contribution in [0.15, 0.2) is 18.2 Å². The first-order chi connectivity index (χ1) is 4.75. The molecule has 0 heterocycles. The number of benzene rings is 1. The molecule has 0 atom stereocenters. The van der Waals surface area contributed by atoms with E-state index in [9.17, 15) is 0 Å². The number of hydrogen-bond acceptors (Lipinski definition) is 0. The summed E-state index contributed by atoms with van der Waals surface area (Å²) in [5, 5.41) is 1.59. The number of halogens is 2. The van der Waals surface area contributed by atoms with Crippen molar-refractivity contribution in [3.63, 3.8) is 0 Å². The second kappa shape index (κ2) is 3.42. The van der Waals surface area contributed by atoms with E-state index in [0.717, 1.165) is 31.9 Å². The van der Waals surface area contributed by atoms with Gasteiger partial charge in [0.05, 0.1) is 0 Å². The third kappa shape index (κ3) is 1.54. The molecule has 0 N–H and O–H groups in total. The van der Waals surface area contributed by atoms with Crippen LogP contribution in [0.1, 0.15) is 5.56 Å². The molecule has 0 nitrogen and oxygen atoms in total. The van der Waals surface area contributed by atoms with E-state index in [1.807, 2.05) is 18.2 Å². The van der Waals surface area contributed by atoms with E-state index in [0.29, 0.717) is 0 Å². The SMILES string of the molecule is [SiH3]Cc1c(Cl)cccc1Cl. The zero-order valence-corrected chi connectivity index (χ0v) is 9.21. The lowest BCUT2D eigenvalue weighted by Gasteiger charge is -2.01. The summed E-state index contributed by atoms with van der Waals surface area (Å²) < 4.78 is 0. The average Bonchev–Trinajstić information content (AvgIpc) is 1.88. The first-order valence-corrected chi connectivity index (χ1v) is 5.35. The zero-order valence-electron chi connectivity index (χ0n) is 5.70. The van der Waals surface area contributed by atoms with Gasteiger partial charge in [-0.3, -0.25) is 0 Å². The molecule has 0 amide bonds. The molecule has 0 unspecified atom stereocenters. The van der Waals surface area contributed by atoms with Gasteiger partial charge in [0.15, 0.2) is 0 Å². The third-order valence-electron chi connectivity index (χ3n) is 1.42. The monoisotopic (exact) mass is 190 g/mol. The summed E-state index contributed by atoms with van der Waals surface area (Å²) in [6.07, 6.45) is 0. The van der Waals surface area contributed by atoms with Crippen LogP contribution in [0.2, 0.25) is 10.0 Å². The van der Waals surface area contributed by atoms with E-state index < -0.39 is 0 Å². The van der Waals surface area contributed by atoms with Crippen LogP contribution in [-0.4, -0.2) is 10.2 Å². The van der Waals surface area contributed by atoms with Crippen molar-refractivity contribution in [2.75, 3.05) is 0 Å². The van der Waals surface area contributed by atoms with Crippen LogP contribution in [-0.2, 0) is 6.04 Å². The Kier molecular flexibility index (Phi) is 2.78. The number of hydrogen-bond donors (Lipinski definition) is 0. The molecule has 0 aliphatic carbocycles. The highest BCUT2D eigenvalue weighted by atomic mass is 35.5. The molecule has 54 valence electrons. The predicted octanol–water partition coefficient (Wildman–Crippen LogP) is 1.86. The minimum atomic E-state index is 0.794. The fourth-order valence-corrected chi connectivity index (χ4v) is 2.74. The van der Waals surface area contributed by atoms with Crippen LogP contribution in [0.4, 0.5) is 0 Å². The Balaban J connectivity index is 3.17. The van der Waals surface area contributed by atoms with Gasteiger partial charge in [-0.15, -0.1) is 0 Å². The summed E-state index contributed by atoms with van der Waals surface area (Å²) in [5.41, 5.74) is 1.09. The van der Waals surface area contributed by atoms with Crippen LogP contribution >= 0.6 is 23.2 Å². The molecule has 0 bridgehead atoms. The molecule has 0 saturated heterocycles.